The summed E-state index contributed by atoms with van der Waals surface area (Å²) < 4.78 is 39.5. The van der Waals surface area contributed by atoms with Crippen molar-refractivity contribution in [2.75, 3.05) is 0 Å². The van der Waals surface area contributed by atoms with Crippen molar-refractivity contribution in [3.63, 3.8) is 0 Å². The van der Waals surface area contributed by atoms with Crippen LogP contribution < -0.4 is 4.72 Å². The Morgan fingerprint density at radius 1 is 1.05 bits per heavy atom. The monoisotopic (exact) mass is 318 g/mol. The third kappa shape index (κ3) is 3.52. The zero-order valence-corrected chi connectivity index (χ0v) is 12.5. The molecule has 0 aliphatic heterocycles. The predicted octanol–water partition coefficient (Wildman–Crippen LogP) is 2.93. The molecular formula is C16H15FN2O2S. The third-order valence-electron chi connectivity index (χ3n) is 3.34. The van der Waals surface area contributed by atoms with Gasteiger partial charge in [-0.2, -0.15) is 0 Å². The summed E-state index contributed by atoms with van der Waals surface area (Å²) >= 11 is 0. The van der Waals surface area contributed by atoms with E-state index in [1.54, 1.807) is 0 Å². The van der Waals surface area contributed by atoms with Crippen molar-refractivity contribution in [2.24, 2.45) is 0 Å². The highest BCUT2D eigenvalue weighted by atomic mass is 32.2. The molecule has 4 nitrogen and oxygen atoms in total. The van der Waals surface area contributed by atoms with Crippen LogP contribution in [0.5, 0.6) is 0 Å². The van der Waals surface area contributed by atoms with E-state index in [1.165, 1.54) is 24.3 Å². The molecule has 1 heterocycles. The molecule has 3 aromatic rings. The molecule has 0 amide bonds. The largest absolute Gasteiger partial charge is 0.357 e. The molecule has 0 aliphatic rings. The summed E-state index contributed by atoms with van der Waals surface area (Å²) in [6.45, 7) is 0.193. The van der Waals surface area contributed by atoms with Crippen molar-refractivity contribution in [3.05, 3.63) is 71.7 Å². The molecule has 22 heavy (non-hydrogen) atoms. The van der Waals surface area contributed by atoms with Crippen LogP contribution in [0.3, 0.4) is 0 Å². The first-order valence-corrected chi connectivity index (χ1v) is 8.45. The molecule has 0 bridgehead atoms. The number of fused-ring (bicyclic) bond motifs is 1. The summed E-state index contributed by atoms with van der Waals surface area (Å²) in [5, 5.41) is 1.04. The van der Waals surface area contributed by atoms with E-state index in [2.05, 4.69) is 9.71 Å². The average Bonchev–Trinajstić information content (AvgIpc) is 2.90. The summed E-state index contributed by atoms with van der Waals surface area (Å²) in [6, 6.07) is 15.1. The first-order valence-electron chi connectivity index (χ1n) is 6.80. The lowest BCUT2D eigenvalue weighted by atomic mass is 10.2. The van der Waals surface area contributed by atoms with E-state index < -0.39 is 10.0 Å². The van der Waals surface area contributed by atoms with Gasteiger partial charge in [-0.3, -0.25) is 0 Å². The Balaban J connectivity index is 1.67. The summed E-state index contributed by atoms with van der Waals surface area (Å²) in [5.41, 5.74) is 2.31. The van der Waals surface area contributed by atoms with Crippen molar-refractivity contribution in [2.45, 2.75) is 12.3 Å². The van der Waals surface area contributed by atoms with Crippen LogP contribution in [0.1, 0.15) is 11.3 Å². The quantitative estimate of drug-likeness (QED) is 0.760. The van der Waals surface area contributed by atoms with Crippen LogP contribution in [0.4, 0.5) is 4.39 Å². The van der Waals surface area contributed by atoms with Crippen LogP contribution in [0.25, 0.3) is 10.9 Å². The minimum Gasteiger partial charge on any atom is -0.357 e. The number of sulfonamides is 1. The number of hydrogen-bond acceptors (Lipinski definition) is 2. The van der Waals surface area contributed by atoms with Crippen LogP contribution in [-0.2, 0) is 22.3 Å². The smallest absolute Gasteiger partial charge is 0.216 e. The number of nitrogens with one attached hydrogen (secondary N) is 2. The minimum atomic E-state index is -3.48. The maximum absolute atomic E-state index is 12.8. The number of halogens is 1. The Morgan fingerprint density at radius 2 is 1.77 bits per heavy atom. The predicted molar refractivity (Wildman–Crippen MR) is 84.2 cm³/mol. The molecular weight excluding hydrogens is 303 g/mol. The van der Waals surface area contributed by atoms with Crippen LogP contribution in [0, 0.1) is 5.82 Å². The molecule has 0 aliphatic carbocycles. The Morgan fingerprint density at radius 3 is 2.50 bits per heavy atom. The van der Waals surface area contributed by atoms with E-state index in [0.717, 1.165) is 16.6 Å². The molecule has 3 rings (SSSR count). The van der Waals surface area contributed by atoms with E-state index in [9.17, 15) is 12.8 Å². The van der Waals surface area contributed by atoms with Gasteiger partial charge < -0.3 is 4.98 Å². The molecule has 6 heteroatoms. The maximum Gasteiger partial charge on any atom is 0.216 e. The zero-order chi connectivity index (χ0) is 15.6. The topological polar surface area (TPSA) is 62.0 Å². The summed E-state index contributed by atoms with van der Waals surface area (Å²) in [6.07, 6.45) is 0. The van der Waals surface area contributed by atoms with Gasteiger partial charge in [0.05, 0.1) is 12.3 Å². The van der Waals surface area contributed by atoms with Gasteiger partial charge >= 0.3 is 0 Å². The molecule has 0 fully saturated rings. The molecule has 2 N–H and O–H groups in total. The van der Waals surface area contributed by atoms with Gasteiger partial charge in [0.1, 0.15) is 5.82 Å². The number of rotatable bonds is 5. The fraction of sp³-hybridized carbons (Fsp3) is 0.125. The van der Waals surface area contributed by atoms with E-state index in [0.29, 0.717) is 5.56 Å². The Bertz CT molecular complexity index is 853. The summed E-state index contributed by atoms with van der Waals surface area (Å²) in [4.78, 5) is 3.16. The zero-order valence-electron chi connectivity index (χ0n) is 11.7. The fourth-order valence-corrected chi connectivity index (χ4v) is 3.38. The maximum atomic E-state index is 12.8. The Hall–Kier alpha value is -2.18. The van der Waals surface area contributed by atoms with Gasteiger partial charge in [-0.05, 0) is 35.2 Å². The van der Waals surface area contributed by atoms with Crippen LogP contribution in [0.2, 0.25) is 0 Å². The van der Waals surface area contributed by atoms with Gasteiger partial charge in [0.25, 0.3) is 0 Å². The van der Waals surface area contributed by atoms with Gasteiger partial charge in [0, 0.05) is 11.2 Å². The highest BCUT2D eigenvalue weighted by Crippen LogP contribution is 2.15. The van der Waals surface area contributed by atoms with Crippen molar-refractivity contribution < 1.29 is 12.8 Å². The summed E-state index contributed by atoms with van der Waals surface area (Å²) in [7, 11) is -3.48. The van der Waals surface area contributed by atoms with Crippen molar-refractivity contribution in [1.29, 1.82) is 0 Å². The first kappa shape index (κ1) is 14.7. The second kappa shape index (κ2) is 5.90. The van der Waals surface area contributed by atoms with Crippen molar-refractivity contribution in [1.82, 2.24) is 9.71 Å². The van der Waals surface area contributed by atoms with Gasteiger partial charge in [0.15, 0.2) is 0 Å². The molecule has 0 radical (unpaired) electrons. The molecule has 114 valence electrons. The lowest BCUT2D eigenvalue weighted by Gasteiger charge is -2.06. The highest BCUT2D eigenvalue weighted by Gasteiger charge is 2.12. The molecule has 0 saturated carbocycles. The average molecular weight is 318 g/mol. The van der Waals surface area contributed by atoms with Gasteiger partial charge in [-0.15, -0.1) is 0 Å². The van der Waals surface area contributed by atoms with Crippen LogP contribution in [0.15, 0.2) is 54.6 Å². The lowest BCUT2D eigenvalue weighted by molar-refractivity contribution is 0.579. The number of aromatic nitrogens is 1. The lowest BCUT2D eigenvalue weighted by Crippen LogP contribution is -2.24. The van der Waals surface area contributed by atoms with Gasteiger partial charge in [-0.25, -0.2) is 17.5 Å². The highest BCUT2D eigenvalue weighted by molar-refractivity contribution is 7.88. The molecule has 0 spiro atoms. The third-order valence-corrected chi connectivity index (χ3v) is 4.64. The normalized spacial score (nSPS) is 11.9. The number of aromatic amines is 1. The van der Waals surface area contributed by atoms with Gasteiger partial charge in [0.2, 0.25) is 10.0 Å². The number of H-pyrrole nitrogens is 1. The number of hydrogen-bond donors (Lipinski definition) is 2. The van der Waals surface area contributed by atoms with Crippen LogP contribution in [-0.4, -0.2) is 13.4 Å². The molecule has 1 aromatic heterocycles. The van der Waals surface area contributed by atoms with Gasteiger partial charge in [-0.1, -0.05) is 30.3 Å². The number of para-hydroxylation sites is 1. The molecule has 0 unspecified atom stereocenters. The Kier molecular flexibility index (Phi) is 3.96. The van der Waals surface area contributed by atoms with Crippen molar-refractivity contribution in [3.8, 4) is 0 Å². The van der Waals surface area contributed by atoms with Crippen LogP contribution >= 0.6 is 0 Å². The van der Waals surface area contributed by atoms with E-state index in [1.807, 2.05) is 30.3 Å². The minimum absolute atomic E-state index is 0.173. The van der Waals surface area contributed by atoms with E-state index in [4.69, 9.17) is 0 Å². The molecule has 2 aromatic carbocycles. The van der Waals surface area contributed by atoms with E-state index >= 15 is 0 Å². The second-order valence-electron chi connectivity index (χ2n) is 5.09. The number of benzene rings is 2. The standard InChI is InChI=1S/C16H15FN2O2S/c17-14-7-5-12(6-8-14)11-22(20,21)18-10-15-9-13-3-1-2-4-16(13)19-15/h1-9,18-19H,10-11H2. The second-order valence-corrected chi connectivity index (χ2v) is 6.90. The first-order chi connectivity index (χ1) is 10.5. The SMILES string of the molecule is O=S(=O)(Cc1ccc(F)cc1)NCc1cc2ccccc2[nH]1. The fourth-order valence-electron chi connectivity index (χ4n) is 2.27. The summed E-state index contributed by atoms with van der Waals surface area (Å²) in [5.74, 6) is -0.555. The molecule has 0 atom stereocenters. The van der Waals surface area contributed by atoms with Crippen molar-refractivity contribution >= 4 is 20.9 Å². The molecule has 0 saturated heterocycles. The Labute approximate surface area is 128 Å². The van der Waals surface area contributed by atoms with E-state index in [-0.39, 0.29) is 18.1 Å².